The average molecular weight is 275 g/mol. The maximum absolute atomic E-state index is 6.49. The number of nitrogens with two attached hydrogens (primary N) is 1. The Bertz CT molecular complexity index is 673. The summed E-state index contributed by atoms with van der Waals surface area (Å²) in [7, 11) is 0. The van der Waals surface area contributed by atoms with Crippen molar-refractivity contribution in [2.45, 2.75) is 49.0 Å². The first kappa shape index (κ1) is 12.0. The summed E-state index contributed by atoms with van der Waals surface area (Å²) in [5.74, 6) is 0. The van der Waals surface area contributed by atoms with Gasteiger partial charge in [0.15, 0.2) is 0 Å². The van der Waals surface area contributed by atoms with Crippen molar-refractivity contribution in [3.63, 3.8) is 0 Å². The lowest BCUT2D eigenvalue weighted by Crippen LogP contribution is -2.43. The van der Waals surface area contributed by atoms with Gasteiger partial charge >= 0.3 is 0 Å². The van der Waals surface area contributed by atoms with Gasteiger partial charge in [0.1, 0.15) is 0 Å². The van der Waals surface area contributed by atoms with E-state index in [0.29, 0.717) is 16.9 Å². The first-order valence-electron chi connectivity index (χ1n) is 8.22. The first-order chi connectivity index (χ1) is 10.3. The van der Waals surface area contributed by atoms with Gasteiger partial charge in [-0.25, -0.2) is 0 Å². The molecular formula is C20H21N. The Kier molecular flexibility index (Phi) is 2.16. The van der Waals surface area contributed by atoms with Crippen molar-refractivity contribution >= 4 is 0 Å². The van der Waals surface area contributed by atoms with Crippen LogP contribution in [-0.2, 0) is 10.8 Å². The molecule has 1 nitrogen and oxygen atoms in total. The van der Waals surface area contributed by atoms with Crippen LogP contribution in [0, 0.1) is 0 Å². The van der Waals surface area contributed by atoms with Crippen LogP contribution in [-0.4, -0.2) is 6.04 Å². The van der Waals surface area contributed by atoms with Crippen molar-refractivity contribution < 1.29 is 0 Å². The summed E-state index contributed by atoms with van der Waals surface area (Å²) in [6.45, 7) is 0. The molecule has 2 N–H and O–H groups in total. The molecule has 21 heavy (non-hydrogen) atoms. The molecule has 0 spiro atoms. The number of rotatable bonds is 0. The highest BCUT2D eigenvalue weighted by Crippen LogP contribution is 2.68. The molecule has 2 aromatic rings. The molecule has 0 radical (unpaired) electrons. The van der Waals surface area contributed by atoms with Crippen molar-refractivity contribution in [1.82, 2.24) is 0 Å². The third kappa shape index (κ3) is 1.23. The van der Waals surface area contributed by atoms with Crippen molar-refractivity contribution in [3.8, 4) is 11.1 Å². The number of fused-ring (bicyclic) bond motifs is 3. The minimum atomic E-state index is 0.303. The lowest BCUT2D eigenvalue weighted by molar-refractivity contribution is 0.299. The standard InChI is InChI=1S/C20H21N/c21-14-12-19-10-5-11-20(19,13-14)18-9-4-2-7-16(18)15-6-1-3-8-17(15)19/h1-4,6-9,14H,5,10-13,21H2/t14?,19-,20+. The van der Waals surface area contributed by atoms with E-state index in [1.807, 2.05) is 0 Å². The summed E-state index contributed by atoms with van der Waals surface area (Å²) in [5.41, 5.74) is 13.2. The maximum Gasteiger partial charge on any atom is 0.00714 e. The molecule has 0 saturated heterocycles. The zero-order valence-electron chi connectivity index (χ0n) is 12.3. The van der Waals surface area contributed by atoms with Crippen LogP contribution in [0.1, 0.15) is 43.2 Å². The van der Waals surface area contributed by atoms with Crippen LogP contribution >= 0.6 is 0 Å². The van der Waals surface area contributed by atoms with E-state index < -0.39 is 0 Å². The zero-order valence-corrected chi connectivity index (χ0v) is 12.3. The van der Waals surface area contributed by atoms with Crippen molar-refractivity contribution in [2.75, 3.05) is 0 Å². The summed E-state index contributed by atoms with van der Waals surface area (Å²) in [6, 6.07) is 18.5. The summed E-state index contributed by atoms with van der Waals surface area (Å²) >= 11 is 0. The number of benzene rings is 2. The van der Waals surface area contributed by atoms with Gasteiger partial charge in [-0.05, 0) is 47.9 Å². The fourth-order valence-corrected chi connectivity index (χ4v) is 6.01. The molecule has 3 aliphatic rings. The van der Waals surface area contributed by atoms with Crippen LogP contribution in [0.25, 0.3) is 11.1 Å². The predicted octanol–water partition coefficient (Wildman–Crippen LogP) is 4.15. The fraction of sp³-hybridized carbons (Fsp3) is 0.400. The highest BCUT2D eigenvalue weighted by atomic mass is 14.8. The Morgan fingerprint density at radius 1 is 0.762 bits per heavy atom. The topological polar surface area (TPSA) is 26.0 Å². The number of hydrogen-bond donors (Lipinski definition) is 1. The highest BCUT2D eigenvalue weighted by Gasteiger charge is 2.63. The average Bonchev–Trinajstić information content (AvgIpc) is 3.01. The van der Waals surface area contributed by atoms with E-state index in [4.69, 9.17) is 5.73 Å². The van der Waals surface area contributed by atoms with Crippen LogP contribution in [0.5, 0.6) is 0 Å². The second-order valence-electron chi connectivity index (χ2n) is 7.28. The van der Waals surface area contributed by atoms with Gasteiger partial charge in [0.25, 0.3) is 0 Å². The van der Waals surface area contributed by atoms with Crippen LogP contribution in [0.4, 0.5) is 0 Å². The Labute approximate surface area is 126 Å². The molecule has 3 atom stereocenters. The monoisotopic (exact) mass is 275 g/mol. The Morgan fingerprint density at radius 3 is 1.76 bits per heavy atom. The maximum atomic E-state index is 6.49. The van der Waals surface area contributed by atoms with Crippen molar-refractivity contribution in [2.24, 2.45) is 5.73 Å². The molecule has 3 aliphatic carbocycles. The highest BCUT2D eigenvalue weighted by molar-refractivity contribution is 5.78. The molecule has 2 fully saturated rings. The predicted molar refractivity (Wildman–Crippen MR) is 86.3 cm³/mol. The number of hydrogen-bond acceptors (Lipinski definition) is 1. The molecule has 1 heteroatoms. The molecular weight excluding hydrogens is 254 g/mol. The normalized spacial score (nSPS) is 35.8. The second kappa shape index (κ2) is 3.78. The smallest absolute Gasteiger partial charge is 0.00714 e. The van der Waals surface area contributed by atoms with Crippen molar-refractivity contribution in [1.29, 1.82) is 0 Å². The van der Waals surface area contributed by atoms with E-state index in [9.17, 15) is 0 Å². The second-order valence-corrected chi connectivity index (χ2v) is 7.28. The third-order valence-corrected chi connectivity index (χ3v) is 6.52. The van der Waals surface area contributed by atoms with Gasteiger partial charge in [0, 0.05) is 16.9 Å². The minimum Gasteiger partial charge on any atom is -0.328 e. The molecule has 5 rings (SSSR count). The molecule has 2 saturated carbocycles. The zero-order chi connectivity index (χ0) is 14.1. The van der Waals surface area contributed by atoms with E-state index in [0.717, 1.165) is 0 Å². The summed E-state index contributed by atoms with van der Waals surface area (Å²) in [6.07, 6.45) is 6.30. The summed E-state index contributed by atoms with van der Waals surface area (Å²) in [4.78, 5) is 0. The Morgan fingerprint density at radius 2 is 1.24 bits per heavy atom. The Hall–Kier alpha value is -1.60. The van der Waals surface area contributed by atoms with E-state index in [-0.39, 0.29) is 0 Å². The van der Waals surface area contributed by atoms with Crippen molar-refractivity contribution in [3.05, 3.63) is 59.7 Å². The van der Waals surface area contributed by atoms with Gasteiger partial charge in [-0.3, -0.25) is 0 Å². The van der Waals surface area contributed by atoms with Crippen LogP contribution < -0.4 is 5.73 Å². The van der Waals surface area contributed by atoms with E-state index in [1.54, 1.807) is 11.1 Å². The van der Waals surface area contributed by atoms with Crippen LogP contribution in [0.15, 0.2) is 48.5 Å². The van der Waals surface area contributed by atoms with E-state index >= 15 is 0 Å². The lowest BCUT2D eigenvalue weighted by Gasteiger charge is -2.47. The molecule has 0 bridgehead atoms. The quantitative estimate of drug-likeness (QED) is 0.768. The fourth-order valence-electron chi connectivity index (χ4n) is 6.01. The lowest BCUT2D eigenvalue weighted by atomic mass is 9.55. The van der Waals surface area contributed by atoms with Crippen LogP contribution in [0.3, 0.4) is 0 Å². The molecule has 0 amide bonds. The summed E-state index contributed by atoms with van der Waals surface area (Å²) < 4.78 is 0. The largest absolute Gasteiger partial charge is 0.328 e. The van der Waals surface area contributed by atoms with E-state index in [2.05, 4.69) is 48.5 Å². The van der Waals surface area contributed by atoms with Crippen LogP contribution in [0.2, 0.25) is 0 Å². The molecule has 106 valence electrons. The molecule has 2 aromatic carbocycles. The summed E-state index contributed by atoms with van der Waals surface area (Å²) in [5, 5.41) is 0. The van der Waals surface area contributed by atoms with Gasteiger partial charge in [0.2, 0.25) is 0 Å². The minimum absolute atomic E-state index is 0.303. The molecule has 0 heterocycles. The molecule has 1 unspecified atom stereocenters. The van der Waals surface area contributed by atoms with Gasteiger partial charge < -0.3 is 5.73 Å². The Balaban J connectivity index is 1.93. The van der Waals surface area contributed by atoms with Gasteiger partial charge in [-0.15, -0.1) is 0 Å². The SMILES string of the molecule is NC1C[C@]23CCC[C@@]2(C1)c1ccccc1-c1ccccc13. The van der Waals surface area contributed by atoms with E-state index in [1.165, 1.54) is 43.2 Å². The van der Waals surface area contributed by atoms with Gasteiger partial charge in [-0.1, -0.05) is 55.0 Å². The van der Waals surface area contributed by atoms with Gasteiger partial charge in [0.05, 0.1) is 0 Å². The van der Waals surface area contributed by atoms with Gasteiger partial charge in [-0.2, -0.15) is 0 Å². The molecule has 0 aromatic heterocycles. The molecule has 0 aliphatic heterocycles. The first-order valence-corrected chi connectivity index (χ1v) is 8.22. The third-order valence-electron chi connectivity index (χ3n) is 6.52.